The highest BCUT2D eigenvalue weighted by atomic mass is 19.1. The summed E-state index contributed by atoms with van der Waals surface area (Å²) in [6.45, 7) is 3.19. The van der Waals surface area contributed by atoms with Crippen LogP contribution < -0.4 is 15.4 Å². The van der Waals surface area contributed by atoms with Crippen molar-refractivity contribution in [2.45, 2.75) is 38.7 Å². The smallest absolute Gasteiger partial charge is 0.229 e. The molecule has 8 heteroatoms. The summed E-state index contributed by atoms with van der Waals surface area (Å²) < 4.78 is 19.0. The number of likely N-dealkylation sites (tertiary alicyclic amines) is 1. The molecule has 0 saturated carbocycles. The Morgan fingerprint density at radius 2 is 2.04 bits per heavy atom. The first kappa shape index (κ1) is 20.7. The molecule has 1 aliphatic rings. The molecule has 1 unspecified atom stereocenters. The molecule has 7 nitrogen and oxygen atoms in total. The second-order valence-corrected chi connectivity index (χ2v) is 6.28. The fourth-order valence-electron chi connectivity index (χ4n) is 2.77. The maximum atomic E-state index is 13.3. The lowest BCUT2D eigenvalue weighted by atomic mass is 10.1. The number of hydrogen-bond acceptors (Lipinski definition) is 4. The van der Waals surface area contributed by atoms with E-state index in [2.05, 4.69) is 15.6 Å². The lowest BCUT2D eigenvalue weighted by molar-refractivity contribution is -0.147. The van der Waals surface area contributed by atoms with Crippen LogP contribution in [0.25, 0.3) is 0 Å². The van der Waals surface area contributed by atoms with E-state index in [9.17, 15) is 14.0 Å². The fraction of sp³-hybridized carbons (Fsp3) is 0.526. The number of rotatable bonds is 8. The monoisotopic (exact) mass is 378 g/mol. The van der Waals surface area contributed by atoms with Gasteiger partial charge in [0.05, 0.1) is 6.54 Å². The van der Waals surface area contributed by atoms with E-state index < -0.39 is 0 Å². The Kier molecular flexibility index (Phi) is 8.03. The largest absolute Gasteiger partial charge is 0.489 e. The highest BCUT2D eigenvalue weighted by molar-refractivity contribution is 5.97. The molecule has 0 aliphatic carbocycles. The molecule has 1 aromatic carbocycles. The summed E-state index contributed by atoms with van der Waals surface area (Å²) in [7, 11) is 1.64. The van der Waals surface area contributed by atoms with Crippen molar-refractivity contribution in [2.24, 2.45) is 4.99 Å². The number of hydrogen-bond donors (Lipinski definition) is 2. The summed E-state index contributed by atoms with van der Waals surface area (Å²) in [4.78, 5) is 29.0. The molecule has 1 heterocycles. The summed E-state index contributed by atoms with van der Waals surface area (Å²) in [5, 5.41) is 6.23. The Bertz CT molecular complexity index is 665. The van der Waals surface area contributed by atoms with E-state index in [4.69, 9.17) is 4.74 Å². The molecule has 0 radical (unpaired) electrons. The number of ether oxygens (including phenoxy) is 1. The number of guanidine groups is 1. The number of halogens is 1. The van der Waals surface area contributed by atoms with Crippen LogP contribution in [0.1, 0.15) is 32.6 Å². The standard InChI is InChI=1S/C19H27FN4O3/c1-3-15(27-16-7-4-6-14(20)12-16)13-23-19(21-2)22-10-11-24-17(25)8-5-9-18(24)26/h4,6-7,12,15H,3,5,8-11,13H2,1-2H3,(H2,21,22,23). The number of benzene rings is 1. The third-order valence-electron chi connectivity index (χ3n) is 4.29. The number of carbonyl (C=O) groups excluding carboxylic acids is 2. The van der Waals surface area contributed by atoms with Gasteiger partial charge < -0.3 is 15.4 Å². The van der Waals surface area contributed by atoms with Crippen LogP contribution in [0.5, 0.6) is 5.75 Å². The molecular weight excluding hydrogens is 351 g/mol. The second-order valence-electron chi connectivity index (χ2n) is 6.28. The van der Waals surface area contributed by atoms with Crippen LogP contribution in [0.2, 0.25) is 0 Å². The zero-order valence-corrected chi connectivity index (χ0v) is 15.8. The molecule has 1 aliphatic heterocycles. The van der Waals surface area contributed by atoms with Crippen LogP contribution in [0.3, 0.4) is 0 Å². The molecule has 1 saturated heterocycles. The third kappa shape index (κ3) is 6.54. The number of nitrogens with one attached hydrogen (secondary N) is 2. The topological polar surface area (TPSA) is 83.0 Å². The van der Waals surface area contributed by atoms with Crippen LogP contribution in [0.15, 0.2) is 29.3 Å². The minimum absolute atomic E-state index is 0.120. The highest BCUT2D eigenvalue weighted by Crippen LogP contribution is 2.14. The van der Waals surface area contributed by atoms with Gasteiger partial charge in [0.2, 0.25) is 11.8 Å². The summed E-state index contributed by atoms with van der Waals surface area (Å²) in [5.41, 5.74) is 0. The van der Waals surface area contributed by atoms with Gasteiger partial charge in [0.15, 0.2) is 5.96 Å². The van der Waals surface area contributed by atoms with Crippen LogP contribution in [-0.4, -0.2) is 55.5 Å². The van der Waals surface area contributed by atoms with E-state index in [-0.39, 0.29) is 23.7 Å². The van der Waals surface area contributed by atoms with Crippen molar-refractivity contribution >= 4 is 17.8 Å². The summed E-state index contributed by atoms with van der Waals surface area (Å²) >= 11 is 0. The Morgan fingerprint density at radius 1 is 1.30 bits per heavy atom. The van der Waals surface area contributed by atoms with Crippen LogP contribution in [0, 0.1) is 5.82 Å². The summed E-state index contributed by atoms with van der Waals surface area (Å²) in [6.07, 6.45) is 2.06. The van der Waals surface area contributed by atoms with E-state index in [1.54, 1.807) is 19.2 Å². The molecule has 0 aromatic heterocycles. The molecule has 2 N–H and O–H groups in total. The first-order valence-corrected chi connectivity index (χ1v) is 9.23. The summed E-state index contributed by atoms with van der Waals surface area (Å²) in [6, 6.07) is 6.04. The van der Waals surface area contributed by atoms with Crippen molar-refractivity contribution in [3.8, 4) is 5.75 Å². The van der Waals surface area contributed by atoms with Gasteiger partial charge in [-0.25, -0.2) is 4.39 Å². The van der Waals surface area contributed by atoms with Gasteiger partial charge in [0.25, 0.3) is 0 Å². The predicted molar refractivity (Wildman–Crippen MR) is 101 cm³/mol. The second kappa shape index (κ2) is 10.5. The van der Waals surface area contributed by atoms with Crippen molar-refractivity contribution in [1.29, 1.82) is 0 Å². The quantitative estimate of drug-likeness (QED) is 0.409. The summed E-state index contributed by atoms with van der Waals surface area (Å²) in [5.74, 6) is 0.451. The lowest BCUT2D eigenvalue weighted by Gasteiger charge is -2.25. The average Bonchev–Trinajstić information content (AvgIpc) is 2.65. The van der Waals surface area contributed by atoms with E-state index >= 15 is 0 Å². The molecular formula is C19H27FN4O3. The molecule has 27 heavy (non-hydrogen) atoms. The van der Waals surface area contributed by atoms with Crippen LogP contribution in [-0.2, 0) is 9.59 Å². The van der Waals surface area contributed by atoms with Gasteiger partial charge in [-0.3, -0.25) is 19.5 Å². The number of amides is 2. The van der Waals surface area contributed by atoms with E-state index in [0.717, 1.165) is 6.42 Å². The number of imide groups is 1. The maximum Gasteiger partial charge on any atom is 0.229 e. The lowest BCUT2D eigenvalue weighted by Crippen LogP contribution is -2.47. The SMILES string of the molecule is CCC(CNC(=NC)NCCN1C(=O)CCCC1=O)Oc1cccc(F)c1. The van der Waals surface area contributed by atoms with E-state index in [1.807, 2.05) is 6.92 Å². The first-order chi connectivity index (χ1) is 13.0. The Balaban J connectivity index is 1.76. The van der Waals surface area contributed by atoms with Gasteiger partial charge >= 0.3 is 0 Å². The third-order valence-corrected chi connectivity index (χ3v) is 4.29. The van der Waals surface area contributed by atoms with Gasteiger partial charge in [0, 0.05) is 39.0 Å². The zero-order valence-electron chi connectivity index (χ0n) is 15.8. The van der Waals surface area contributed by atoms with Crippen LogP contribution >= 0.6 is 0 Å². The fourth-order valence-corrected chi connectivity index (χ4v) is 2.77. The first-order valence-electron chi connectivity index (χ1n) is 9.23. The molecule has 2 amide bonds. The minimum atomic E-state index is -0.338. The predicted octanol–water partition coefficient (Wildman–Crippen LogP) is 1.69. The molecule has 1 atom stereocenters. The van der Waals surface area contributed by atoms with Crippen LogP contribution in [0.4, 0.5) is 4.39 Å². The number of carbonyl (C=O) groups is 2. The van der Waals surface area contributed by atoms with Crippen molar-refractivity contribution < 1.29 is 18.7 Å². The zero-order chi connectivity index (χ0) is 19.6. The molecule has 0 spiro atoms. The normalized spacial score (nSPS) is 16.3. The molecule has 2 rings (SSSR count). The van der Waals surface area contributed by atoms with Crippen molar-refractivity contribution in [2.75, 3.05) is 26.7 Å². The van der Waals surface area contributed by atoms with Crippen molar-refractivity contribution in [1.82, 2.24) is 15.5 Å². The van der Waals surface area contributed by atoms with Gasteiger partial charge in [-0.2, -0.15) is 0 Å². The Labute approximate surface area is 159 Å². The average molecular weight is 378 g/mol. The Hall–Kier alpha value is -2.64. The molecule has 0 bridgehead atoms. The van der Waals surface area contributed by atoms with E-state index in [1.165, 1.54) is 17.0 Å². The van der Waals surface area contributed by atoms with Crippen molar-refractivity contribution in [3.05, 3.63) is 30.1 Å². The number of nitrogens with zero attached hydrogens (tertiary/aromatic N) is 2. The number of aliphatic imine (C=N–C) groups is 1. The van der Waals surface area contributed by atoms with Crippen molar-refractivity contribution in [3.63, 3.8) is 0 Å². The number of piperidine rings is 1. The Morgan fingerprint density at radius 3 is 2.67 bits per heavy atom. The van der Waals surface area contributed by atoms with E-state index in [0.29, 0.717) is 50.6 Å². The van der Waals surface area contributed by atoms with Gasteiger partial charge in [-0.1, -0.05) is 13.0 Å². The van der Waals surface area contributed by atoms with Gasteiger partial charge in [0.1, 0.15) is 17.7 Å². The van der Waals surface area contributed by atoms with Gasteiger partial charge in [-0.05, 0) is 25.0 Å². The maximum absolute atomic E-state index is 13.3. The minimum Gasteiger partial charge on any atom is -0.489 e. The molecule has 1 aromatic rings. The highest BCUT2D eigenvalue weighted by Gasteiger charge is 2.25. The van der Waals surface area contributed by atoms with Gasteiger partial charge in [-0.15, -0.1) is 0 Å². The molecule has 1 fully saturated rings. The molecule has 148 valence electrons.